The van der Waals surface area contributed by atoms with Gasteiger partial charge >= 0.3 is 0 Å². The fourth-order valence-corrected chi connectivity index (χ4v) is 5.54. The highest BCUT2D eigenvalue weighted by Gasteiger charge is 2.35. The van der Waals surface area contributed by atoms with Gasteiger partial charge in [-0.3, -0.25) is 0 Å². The summed E-state index contributed by atoms with van der Waals surface area (Å²) >= 11 is 0. The Balaban J connectivity index is 1.63. The number of fused-ring (bicyclic) bond motifs is 4. The molecule has 0 bridgehead atoms. The van der Waals surface area contributed by atoms with Gasteiger partial charge in [0.05, 0.1) is 0 Å². The summed E-state index contributed by atoms with van der Waals surface area (Å²) in [4.78, 5) is 3.63. The van der Waals surface area contributed by atoms with Gasteiger partial charge in [-0.1, -0.05) is 94.5 Å². The van der Waals surface area contributed by atoms with Gasteiger partial charge in [0.15, 0.2) is 0 Å². The molecule has 0 fully saturated rings. The molecule has 162 valence electrons. The lowest BCUT2D eigenvalue weighted by atomic mass is 9.67. The Morgan fingerprint density at radius 3 is 2.31 bits per heavy atom. The zero-order chi connectivity index (χ0) is 22.5. The Hall–Kier alpha value is -3.26. The fraction of sp³-hybridized carbons (Fsp3) is 0.267. The highest BCUT2D eigenvalue weighted by molar-refractivity contribution is 5.91. The summed E-state index contributed by atoms with van der Waals surface area (Å²) in [5.41, 5.74) is 5.98. The van der Waals surface area contributed by atoms with Gasteiger partial charge in [0.25, 0.3) is 0 Å². The number of allylic oxidation sites excluding steroid dienone is 4. The van der Waals surface area contributed by atoms with Crippen LogP contribution < -0.4 is 0 Å². The number of aromatic amines is 1. The molecule has 2 aliphatic rings. The number of aromatic nitrogens is 1. The van der Waals surface area contributed by atoms with Crippen molar-refractivity contribution in [1.82, 2.24) is 4.98 Å². The highest BCUT2D eigenvalue weighted by Crippen LogP contribution is 2.48. The number of hydrogen-bond donors (Lipinski definition) is 2. The van der Waals surface area contributed by atoms with Crippen molar-refractivity contribution in [3.8, 4) is 5.75 Å². The Bertz CT molecular complexity index is 1300. The van der Waals surface area contributed by atoms with E-state index >= 15 is 0 Å². The van der Waals surface area contributed by atoms with Crippen LogP contribution in [0.25, 0.3) is 35.1 Å². The van der Waals surface area contributed by atoms with E-state index in [2.05, 4.69) is 99.5 Å². The van der Waals surface area contributed by atoms with Crippen molar-refractivity contribution in [2.75, 3.05) is 0 Å². The van der Waals surface area contributed by atoms with Crippen molar-refractivity contribution >= 4 is 35.1 Å². The molecule has 0 amide bonds. The minimum Gasteiger partial charge on any atom is -0.507 e. The molecule has 1 heterocycles. The van der Waals surface area contributed by atoms with E-state index in [0.717, 1.165) is 16.5 Å². The summed E-state index contributed by atoms with van der Waals surface area (Å²) in [6.45, 7) is 9.13. The maximum Gasteiger partial charge on any atom is 0.123 e. The zero-order valence-electron chi connectivity index (χ0n) is 19.3. The molecule has 2 nitrogen and oxygen atoms in total. The van der Waals surface area contributed by atoms with Crippen molar-refractivity contribution in [2.24, 2.45) is 17.3 Å². The second-order valence-electron chi connectivity index (χ2n) is 9.83. The number of benzene rings is 2. The first kappa shape index (κ1) is 20.6. The van der Waals surface area contributed by atoms with E-state index in [4.69, 9.17) is 0 Å². The molecular weight excluding hydrogens is 390 g/mol. The van der Waals surface area contributed by atoms with Crippen LogP contribution in [0.3, 0.4) is 0 Å². The van der Waals surface area contributed by atoms with Crippen molar-refractivity contribution in [3.05, 3.63) is 88.8 Å². The van der Waals surface area contributed by atoms with Gasteiger partial charge in [-0.05, 0) is 46.9 Å². The molecule has 0 spiro atoms. The van der Waals surface area contributed by atoms with E-state index < -0.39 is 0 Å². The van der Waals surface area contributed by atoms with Crippen LogP contribution in [0.1, 0.15) is 61.7 Å². The summed E-state index contributed by atoms with van der Waals surface area (Å²) in [5, 5.41) is 12.5. The molecule has 2 heteroatoms. The zero-order valence-corrected chi connectivity index (χ0v) is 19.3. The molecule has 1 aromatic heterocycles. The quantitative estimate of drug-likeness (QED) is 0.441. The van der Waals surface area contributed by atoms with E-state index in [1.807, 2.05) is 12.1 Å². The lowest BCUT2D eigenvalue weighted by Gasteiger charge is -2.37. The van der Waals surface area contributed by atoms with Gasteiger partial charge in [0.2, 0.25) is 0 Å². The lowest BCUT2D eigenvalue weighted by molar-refractivity contribution is 0.339. The summed E-state index contributed by atoms with van der Waals surface area (Å²) in [6.07, 6.45) is 18.2. The van der Waals surface area contributed by atoms with Gasteiger partial charge in [-0.2, -0.15) is 0 Å². The number of nitrogens with one attached hydrogen (secondary N) is 1. The Morgan fingerprint density at radius 1 is 0.844 bits per heavy atom. The molecule has 3 atom stereocenters. The molecule has 32 heavy (non-hydrogen) atoms. The topological polar surface area (TPSA) is 36.0 Å². The van der Waals surface area contributed by atoms with Crippen LogP contribution in [0, 0.1) is 17.3 Å². The third-order valence-electron chi connectivity index (χ3n) is 7.10. The van der Waals surface area contributed by atoms with Crippen LogP contribution in [-0.2, 0) is 0 Å². The molecule has 2 aromatic carbocycles. The third-order valence-corrected chi connectivity index (χ3v) is 7.10. The first-order valence-corrected chi connectivity index (χ1v) is 11.6. The van der Waals surface area contributed by atoms with E-state index in [-0.39, 0.29) is 11.3 Å². The largest absolute Gasteiger partial charge is 0.507 e. The molecular formula is C30H31NO. The van der Waals surface area contributed by atoms with Crippen LogP contribution in [-0.4, -0.2) is 10.1 Å². The Kier molecular flexibility index (Phi) is 4.97. The van der Waals surface area contributed by atoms with Crippen LogP contribution in [0.5, 0.6) is 5.75 Å². The number of phenols is 1. The number of phenolic OH excluding ortho intramolecular Hbond substituents is 1. The van der Waals surface area contributed by atoms with Gasteiger partial charge in [-0.25, -0.2) is 0 Å². The summed E-state index contributed by atoms with van der Waals surface area (Å²) < 4.78 is 0. The van der Waals surface area contributed by atoms with Crippen LogP contribution in [0.4, 0.5) is 0 Å². The number of H-pyrrole nitrogens is 1. The first-order valence-electron chi connectivity index (χ1n) is 11.6. The first-order chi connectivity index (χ1) is 15.4. The molecule has 3 aromatic rings. The SMILES string of the molecule is CC1C=Cc2[nH]c3c(c2C=C1)C=CC(C)(C(c1cccc2c(O)cccc12)C(C)C)C=C3. The fourth-order valence-electron chi connectivity index (χ4n) is 5.54. The molecule has 0 saturated carbocycles. The second-order valence-corrected chi connectivity index (χ2v) is 9.83. The van der Waals surface area contributed by atoms with Crippen LogP contribution in [0.15, 0.2) is 60.7 Å². The van der Waals surface area contributed by atoms with E-state index in [1.54, 1.807) is 6.07 Å². The minimum absolute atomic E-state index is 0.168. The van der Waals surface area contributed by atoms with Crippen molar-refractivity contribution in [3.63, 3.8) is 0 Å². The predicted molar refractivity (Wildman–Crippen MR) is 137 cm³/mol. The average molecular weight is 422 g/mol. The molecule has 0 aliphatic heterocycles. The van der Waals surface area contributed by atoms with Gasteiger partial charge in [0, 0.05) is 33.3 Å². The van der Waals surface area contributed by atoms with E-state index in [0.29, 0.717) is 17.6 Å². The normalized spacial score (nSPS) is 22.6. The maximum atomic E-state index is 10.4. The Labute approximate surface area is 190 Å². The van der Waals surface area contributed by atoms with Crippen molar-refractivity contribution in [2.45, 2.75) is 33.6 Å². The molecule has 0 radical (unpaired) electrons. The molecule has 0 saturated heterocycles. The van der Waals surface area contributed by atoms with E-state index in [9.17, 15) is 5.11 Å². The average Bonchev–Trinajstić information content (AvgIpc) is 2.86. The standard InChI is InChI=1S/C30H31NO/c1-19(2)29(25-9-5-8-24-21(25)7-6-10-28(24)32)30(4)17-15-23-22-13-11-20(3)12-14-26(22)31-27(23)16-18-30/h5-20,29,31-32H,1-4H3. The third kappa shape index (κ3) is 3.35. The second kappa shape index (κ2) is 7.70. The van der Waals surface area contributed by atoms with Crippen LogP contribution >= 0.6 is 0 Å². The van der Waals surface area contributed by atoms with Crippen LogP contribution in [0.2, 0.25) is 0 Å². The number of hydrogen-bond acceptors (Lipinski definition) is 1. The predicted octanol–water partition coefficient (Wildman–Crippen LogP) is 8.04. The molecule has 2 N–H and O–H groups in total. The lowest BCUT2D eigenvalue weighted by Crippen LogP contribution is -2.25. The maximum absolute atomic E-state index is 10.4. The molecule has 2 aliphatic carbocycles. The van der Waals surface area contributed by atoms with Gasteiger partial charge in [-0.15, -0.1) is 0 Å². The smallest absolute Gasteiger partial charge is 0.123 e. The molecule has 5 rings (SSSR count). The number of rotatable bonds is 3. The summed E-state index contributed by atoms with van der Waals surface area (Å²) in [6, 6.07) is 12.2. The molecule has 3 unspecified atom stereocenters. The summed E-state index contributed by atoms with van der Waals surface area (Å²) in [7, 11) is 0. The monoisotopic (exact) mass is 421 g/mol. The van der Waals surface area contributed by atoms with Gasteiger partial charge in [0.1, 0.15) is 5.75 Å². The van der Waals surface area contributed by atoms with Crippen molar-refractivity contribution < 1.29 is 5.11 Å². The number of aromatic hydroxyl groups is 1. The summed E-state index contributed by atoms with van der Waals surface area (Å²) in [5.74, 6) is 1.46. The van der Waals surface area contributed by atoms with Crippen molar-refractivity contribution in [1.29, 1.82) is 0 Å². The minimum atomic E-state index is -0.168. The van der Waals surface area contributed by atoms with E-state index in [1.165, 1.54) is 22.4 Å². The highest BCUT2D eigenvalue weighted by atomic mass is 16.3. The Morgan fingerprint density at radius 2 is 1.50 bits per heavy atom. The van der Waals surface area contributed by atoms with Gasteiger partial charge < -0.3 is 10.1 Å².